The summed E-state index contributed by atoms with van der Waals surface area (Å²) in [7, 11) is 0. The molecule has 4 rings (SSSR count). The number of benzene rings is 3. The van der Waals surface area contributed by atoms with Crippen molar-refractivity contribution < 1.29 is 9.47 Å². The highest BCUT2D eigenvalue weighted by Gasteiger charge is 2.14. The zero-order valence-corrected chi connectivity index (χ0v) is 18.6. The Bertz CT molecular complexity index is 1320. The zero-order chi connectivity index (χ0) is 22.5. The van der Waals surface area contributed by atoms with E-state index >= 15 is 0 Å². The Morgan fingerprint density at radius 2 is 1.94 bits per heavy atom. The Kier molecular flexibility index (Phi) is 6.44. The summed E-state index contributed by atoms with van der Waals surface area (Å²) in [6.07, 6.45) is 1.74. The summed E-state index contributed by atoms with van der Waals surface area (Å²) in [6, 6.07) is 21.6. The lowest BCUT2D eigenvalue weighted by molar-refractivity contribution is 0.269. The van der Waals surface area contributed by atoms with Gasteiger partial charge in [0.05, 0.1) is 28.2 Å². The minimum Gasteiger partial charge on any atom is -0.490 e. The molecule has 1 N–H and O–H groups in total. The fraction of sp³-hybridized carbons (Fsp3) is 0.154. The lowest BCUT2D eigenvalue weighted by atomic mass is 10.1. The van der Waals surface area contributed by atoms with Crippen molar-refractivity contribution in [2.24, 2.45) is 0 Å². The average Bonchev–Trinajstić information content (AvgIpc) is 3.20. The number of aromatic nitrogens is 2. The van der Waals surface area contributed by atoms with E-state index in [2.05, 4.69) is 16.0 Å². The van der Waals surface area contributed by atoms with Crippen molar-refractivity contribution in [1.29, 1.82) is 5.26 Å². The number of ether oxygens (including phenoxy) is 2. The van der Waals surface area contributed by atoms with Crippen molar-refractivity contribution in [3.63, 3.8) is 0 Å². The van der Waals surface area contributed by atoms with Crippen LogP contribution in [-0.4, -0.2) is 16.6 Å². The van der Waals surface area contributed by atoms with Gasteiger partial charge in [0.2, 0.25) is 0 Å². The van der Waals surface area contributed by atoms with Crippen molar-refractivity contribution in [2.45, 2.75) is 20.5 Å². The van der Waals surface area contributed by atoms with Gasteiger partial charge < -0.3 is 14.5 Å². The first-order valence-corrected chi connectivity index (χ1v) is 10.7. The predicted molar refractivity (Wildman–Crippen MR) is 128 cm³/mol. The molecule has 0 fully saturated rings. The van der Waals surface area contributed by atoms with Crippen LogP contribution in [0.2, 0.25) is 5.02 Å². The molecule has 3 aromatic carbocycles. The molecule has 1 aromatic heterocycles. The molecule has 0 radical (unpaired) electrons. The van der Waals surface area contributed by atoms with Crippen molar-refractivity contribution in [1.82, 2.24) is 9.97 Å². The van der Waals surface area contributed by atoms with Crippen LogP contribution in [0, 0.1) is 18.3 Å². The Balaban J connectivity index is 1.67. The van der Waals surface area contributed by atoms with E-state index in [4.69, 9.17) is 21.1 Å². The molecule has 1 heterocycles. The second-order valence-corrected chi connectivity index (χ2v) is 7.72. The number of nitrogens with zero attached hydrogens (tertiary/aromatic N) is 2. The zero-order valence-electron chi connectivity index (χ0n) is 17.9. The molecule has 6 heteroatoms. The number of aromatic amines is 1. The fourth-order valence-corrected chi connectivity index (χ4v) is 3.65. The van der Waals surface area contributed by atoms with Crippen LogP contribution < -0.4 is 9.47 Å². The maximum atomic E-state index is 9.76. The first kappa shape index (κ1) is 21.5. The number of fused-ring (bicyclic) bond motifs is 1. The quantitative estimate of drug-likeness (QED) is 0.328. The van der Waals surface area contributed by atoms with Crippen LogP contribution >= 0.6 is 11.6 Å². The first-order valence-electron chi connectivity index (χ1n) is 10.3. The fourth-order valence-electron chi connectivity index (χ4n) is 3.38. The van der Waals surface area contributed by atoms with Gasteiger partial charge in [0.25, 0.3) is 0 Å². The van der Waals surface area contributed by atoms with Gasteiger partial charge in [-0.05, 0) is 60.9 Å². The van der Waals surface area contributed by atoms with Gasteiger partial charge >= 0.3 is 0 Å². The van der Waals surface area contributed by atoms with E-state index in [1.165, 1.54) is 0 Å². The highest BCUT2D eigenvalue weighted by atomic mass is 35.5. The summed E-state index contributed by atoms with van der Waals surface area (Å²) < 4.78 is 11.8. The first-order chi connectivity index (χ1) is 15.6. The topological polar surface area (TPSA) is 70.9 Å². The van der Waals surface area contributed by atoms with Gasteiger partial charge in [-0.2, -0.15) is 5.26 Å². The van der Waals surface area contributed by atoms with E-state index in [9.17, 15) is 5.26 Å². The van der Waals surface area contributed by atoms with E-state index < -0.39 is 0 Å². The smallest absolute Gasteiger partial charge is 0.180 e. The molecular formula is C26H22ClN3O2. The number of nitriles is 1. The molecule has 32 heavy (non-hydrogen) atoms. The predicted octanol–water partition coefficient (Wildman–Crippen LogP) is 6.57. The van der Waals surface area contributed by atoms with E-state index in [0.29, 0.717) is 41.1 Å². The number of imidazole rings is 1. The molecule has 0 atom stereocenters. The number of hydrogen-bond acceptors (Lipinski definition) is 4. The number of H-pyrrole nitrogens is 1. The van der Waals surface area contributed by atoms with Gasteiger partial charge in [0.1, 0.15) is 18.5 Å². The summed E-state index contributed by atoms with van der Waals surface area (Å²) in [5.74, 6) is 1.51. The molecule has 160 valence electrons. The van der Waals surface area contributed by atoms with Gasteiger partial charge in [0.15, 0.2) is 11.5 Å². The summed E-state index contributed by atoms with van der Waals surface area (Å²) >= 11 is 6.55. The molecule has 0 amide bonds. The third-order valence-electron chi connectivity index (χ3n) is 4.88. The van der Waals surface area contributed by atoms with Gasteiger partial charge in [-0.1, -0.05) is 48.0 Å². The van der Waals surface area contributed by atoms with Crippen LogP contribution in [0.5, 0.6) is 11.5 Å². The molecule has 0 unspecified atom stereocenters. The Morgan fingerprint density at radius 1 is 1.12 bits per heavy atom. The van der Waals surface area contributed by atoms with Gasteiger partial charge in [0, 0.05) is 0 Å². The van der Waals surface area contributed by atoms with Crippen molar-refractivity contribution in [3.05, 3.63) is 88.2 Å². The Hall–Kier alpha value is -3.75. The minimum atomic E-state index is 0.373. The highest BCUT2D eigenvalue weighted by Crippen LogP contribution is 2.38. The maximum Gasteiger partial charge on any atom is 0.180 e. The van der Waals surface area contributed by atoms with Gasteiger partial charge in [-0.15, -0.1) is 0 Å². The summed E-state index contributed by atoms with van der Waals surface area (Å²) in [4.78, 5) is 7.77. The molecule has 0 spiro atoms. The summed E-state index contributed by atoms with van der Waals surface area (Å²) in [6.45, 7) is 4.74. The largest absolute Gasteiger partial charge is 0.490 e. The summed E-state index contributed by atoms with van der Waals surface area (Å²) in [5.41, 5.74) is 4.97. The molecule has 0 saturated heterocycles. The number of allylic oxidation sites excluding steroid dienone is 1. The van der Waals surface area contributed by atoms with Crippen LogP contribution in [0.25, 0.3) is 22.7 Å². The average molecular weight is 444 g/mol. The third-order valence-corrected chi connectivity index (χ3v) is 5.16. The summed E-state index contributed by atoms with van der Waals surface area (Å²) in [5, 5.41) is 10.2. The number of hydrogen-bond donors (Lipinski definition) is 1. The lowest BCUT2D eigenvalue weighted by Gasteiger charge is -2.14. The second kappa shape index (κ2) is 9.59. The van der Waals surface area contributed by atoms with Crippen molar-refractivity contribution in [3.8, 4) is 17.6 Å². The molecule has 0 saturated carbocycles. The van der Waals surface area contributed by atoms with Crippen LogP contribution in [0.1, 0.15) is 29.4 Å². The molecule has 0 aliphatic rings. The van der Waals surface area contributed by atoms with Crippen LogP contribution in [-0.2, 0) is 6.61 Å². The third kappa shape index (κ3) is 4.77. The van der Waals surface area contributed by atoms with Crippen molar-refractivity contribution in [2.75, 3.05) is 6.61 Å². The van der Waals surface area contributed by atoms with Crippen LogP contribution in [0.4, 0.5) is 0 Å². The lowest BCUT2D eigenvalue weighted by Crippen LogP contribution is -2.01. The Morgan fingerprint density at radius 3 is 2.69 bits per heavy atom. The SMILES string of the molecule is CCOc1cc(/C=C(/C#N)c2nc3ccc(C)cc3[nH]2)cc(Cl)c1OCc1ccccc1. The number of halogens is 1. The second-order valence-electron chi connectivity index (χ2n) is 7.31. The van der Waals surface area contributed by atoms with Gasteiger partial charge in [-0.25, -0.2) is 4.98 Å². The van der Waals surface area contributed by atoms with Crippen LogP contribution in [0.15, 0.2) is 60.7 Å². The number of nitrogens with one attached hydrogen (secondary N) is 1. The van der Waals surface area contributed by atoms with E-state index in [1.54, 1.807) is 12.1 Å². The normalized spacial score (nSPS) is 11.4. The monoisotopic (exact) mass is 443 g/mol. The van der Waals surface area contributed by atoms with E-state index in [1.807, 2.05) is 68.4 Å². The molecule has 5 nitrogen and oxygen atoms in total. The van der Waals surface area contributed by atoms with Crippen LogP contribution in [0.3, 0.4) is 0 Å². The standard InChI is InChI=1S/C26H22ClN3O2/c1-3-31-24-14-19(13-21(27)25(24)32-16-18-7-5-4-6-8-18)12-20(15-28)26-29-22-10-9-17(2)11-23(22)30-26/h4-14H,3,16H2,1-2H3,(H,29,30)/b20-12-. The maximum absolute atomic E-state index is 9.76. The van der Waals surface area contributed by atoms with E-state index in [0.717, 1.165) is 27.7 Å². The number of aryl methyl sites for hydroxylation is 1. The van der Waals surface area contributed by atoms with Crippen molar-refractivity contribution >= 4 is 34.3 Å². The molecule has 0 bridgehead atoms. The van der Waals surface area contributed by atoms with E-state index in [-0.39, 0.29) is 0 Å². The highest BCUT2D eigenvalue weighted by molar-refractivity contribution is 6.32. The molecule has 0 aliphatic carbocycles. The number of rotatable bonds is 7. The molecule has 0 aliphatic heterocycles. The minimum absolute atomic E-state index is 0.373. The molecule has 4 aromatic rings. The molecular weight excluding hydrogens is 422 g/mol. The Labute approximate surface area is 191 Å². The van der Waals surface area contributed by atoms with Gasteiger partial charge in [-0.3, -0.25) is 0 Å².